The summed E-state index contributed by atoms with van der Waals surface area (Å²) in [5, 5.41) is 6.66. The van der Waals surface area contributed by atoms with E-state index in [-0.39, 0.29) is 18.4 Å². The van der Waals surface area contributed by atoms with Gasteiger partial charge in [-0.1, -0.05) is 25.9 Å². The highest BCUT2D eigenvalue weighted by molar-refractivity contribution is 5.93. The summed E-state index contributed by atoms with van der Waals surface area (Å²) >= 11 is 0. The van der Waals surface area contributed by atoms with Crippen LogP contribution in [0.15, 0.2) is 22.9 Å². The van der Waals surface area contributed by atoms with Crippen molar-refractivity contribution in [3.8, 4) is 0 Å². The second-order valence-corrected chi connectivity index (χ2v) is 6.96. The molecule has 0 unspecified atom stereocenters. The summed E-state index contributed by atoms with van der Waals surface area (Å²) in [7, 11) is 0. The third kappa shape index (κ3) is 4.35. The number of pyridine rings is 1. The molecule has 1 N–H and O–H groups in total. The highest BCUT2D eigenvalue weighted by atomic mass is 16.5. The molecule has 1 saturated heterocycles. The number of piperidine rings is 1. The summed E-state index contributed by atoms with van der Waals surface area (Å²) in [4.78, 5) is 23.2. The number of nitrogens with zero attached hydrogens (tertiary/aromatic N) is 4. The van der Waals surface area contributed by atoms with Crippen LogP contribution in [0.3, 0.4) is 0 Å². The smallest absolute Gasteiger partial charge is 0.253 e. The summed E-state index contributed by atoms with van der Waals surface area (Å²) in [6.45, 7) is 8.52. The third-order valence-electron chi connectivity index (χ3n) is 4.50. The maximum Gasteiger partial charge on any atom is 0.253 e. The van der Waals surface area contributed by atoms with Gasteiger partial charge in [0.2, 0.25) is 5.89 Å². The van der Waals surface area contributed by atoms with E-state index in [4.69, 9.17) is 4.52 Å². The van der Waals surface area contributed by atoms with Gasteiger partial charge in [-0.3, -0.25) is 4.79 Å². The standard InChI is InChI=1S/C18H25N5O2/c1-12(2)18-21-15(22-25-18)11-20-17(24)14-4-5-16(19-10-14)23-8-6-13(3)7-9-23/h4-5,10,12-13H,6-9,11H2,1-3H3,(H,20,24). The van der Waals surface area contributed by atoms with Crippen LogP contribution in [-0.2, 0) is 6.54 Å². The SMILES string of the molecule is CC1CCN(c2ccc(C(=O)NCc3noc(C(C)C)n3)cn2)CC1. The van der Waals surface area contributed by atoms with Crippen LogP contribution >= 0.6 is 0 Å². The molecule has 0 atom stereocenters. The summed E-state index contributed by atoms with van der Waals surface area (Å²) < 4.78 is 5.12. The van der Waals surface area contributed by atoms with Crippen molar-refractivity contribution >= 4 is 11.7 Å². The molecule has 0 aromatic carbocycles. The van der Waals surface area contributed by atoms with Crippen molar-refractivity contribution in [3.05, 3.63) is 35.6 Å². The van der Waals surface area contributed by atoms with Crippen LogP contribution in [0.2, 0.25) is 0 Å². The Bertz CT molecular complexity index is 703. The molecule has 0 radical (unpaired) electrons. The molecule has 1 aliphatic heterocycles. The van der Waals surface area contributed by atoms with Gasteiger partial charge in [0.05, 0.1) is 12.1 Å². The van der Waals surface area contributed by atoms with Gasteiger partial charge >= 0.3 is 0 Å². The Morgan fingerprint density at radius 3 is 2.72 bits per heavy atom. The van der Waals surface area contributed by atoms with Crippen LogP contribution in [0.25, 0.3) is 0 Å². The summed E-state index contributed by atoms with van der Waals surface area (Å²) in [5.41, 5.74) is 0.529. The Hall–Kier alpha value is -2.44. The molecule has 3 heterocycles. The van der Waals surface area contributed by atoms with Crippen molar-refractivity contribution in [2.45, 2.75) is 46.1 Å². The molecule has 1 amide bonds. The minimum absolute atomic E-state index is 0.173. The largest absolute Gasteiger partial charge is 0.357 e. The molecule has 25 heavy (non-hydrogen) atoms. The summed E-state index contributed by atoms with van der Waals surface area (Å²) in [5.74, 6) is 2.75. The van der Waals surface area contributed by atoms with Crippen LogP contribution in [0.1, 0.15) is 61.6 Å². The molecular weight excluding hydrogens is 318 g/mol. The Labute approximate surface area is 147 Å². The van der Waals surface area contributed by atoms with E-state index in [1.807, 2.05) is 26.0 Å². The van der Waals surface area contributed by atoms with Gasteiger partial charge < -0.3 is 14.7 Å². The zero-order valence-corrected chi connectivity index (χ0v) is 15.0. The lowest BCUT2D eigenvalue weighted by atomic mass is 9.99. The molecule has 1 fully saturated rings. The van der Waals surface area contributed by atoms with Crippen molar-refractivity contribution in [2.24, 2.45) is 5.92 Å². The Kier molecular flexibility index (Phi) is 5.31. The van der Waals surface area contributed by atoms with Gasteiger partial charge in [0.15, 0.2) is 5.82 Å². The number of aromatic nitrogens is 3. The summed E-state index contributed by atoms with van der Waals surface area (Å²) in [6.07, 6.45) is 4.00. The molecular formula is C18H25N5O2. The quantitative estimate of drug-likeness (QED) is 0.898. The van der Waals surface area contributed by atoms with Gasteiger partial charge in [-0.2, -0.15) is 4.98 Å². The van der Waals surface area contributed by atoms with Gasteiger partial charge in [-0.15, -0.1) is 0 Å². The molecule has 0 spiro atoms. The lowest BCUT2D eigenvalue weighted by Gasteiger charge is -2.31. The van der Waals surface area contributed by atoms with Crippen molar-refractivity contribution in [3.63, 3.8) is 0 Å². The van der Waals surface area contributed by atoms with E-state index in [1.54, 1.807) is 6.20 Å². The average Bonchev–Trinajstić information content (AvgIpc) is 3.10. The molecule has 2 aromatic rings. The summed E-state index contributed by atoms with van der Waals surface area (Å²) in [6, 6.07) is 3.72. The lowest BCUT2D eigenvalue weighted by molar-refractivity contribution is 0.0949. The fourth-order valence-electron chi connectivity index (χ4n) is 2.78. The first-order chi connectivity index (χ1) is 12.0. The van der Waals surface area contributed by atoms with Gasteiger partial charge in [-0.25, -0.2) is 4.98 Å². The van der Waals surface area contributed by atoms with E-state index in [1.165, 1.54) is 12.8 Å². The highest BCUT2D eigenvalue weighted by Crippen LogP contribution is 2.21. The normalized spacial score (nSPS) is 15.6. The van der Waals surface area contributed by atoms with Crippen molar-refractivity contribution in [1.82, 2.24) is 20.4 Å². The average molecular weight is 343 g/mol. The van der Waals surface area contributed by atoms with Crippen LogP contribution in [0.4, 0.5) is 5.82 Å². The number of nitrogens with one attached hydrogen (secondary N) is 1. The van der Waals surface area contributed by atoms with Gasteiger partial charge in [-0.05, 0) is 30.9 Å². The van der Waals surface area contributed by atoms with E-state index in [2.05, 4.69) is 32.3 Å². The second-order valence-electron chi connectivity index (χ2n) is 6.96. The third-order valence-corrected chi connectivity index (χ3v) is 4.50. The van der Waals surface area contributed by atoms with Crippen LogP contribution in [0, 0.1) is 5.92 Å². The topological polar surface area (TPSA) is 84.2 Å². The molecule has 3 rings (SSSR count). The maximum atomic E-state index is 12.2. The monoisotopic (exact) mass is 343 g/mol. The van der Waals surface area contributed by atoms with Gasteiger partial charge in [0.25, 0.3) is 5.91 Å². The number of amides is 1. The number of carbonyl (C=O) groups is 1. The minimum atomic E-state index is -0.192. The molecule has 134 valence electrons. The Balaban J connectivity index is 1.55. The van der Waals surface area contributed by atoms with Crippen LogP contribution < -0.4 is 10.2 Å². The van der Waals surface area contributed by atoms with Gasteiger partial charge in [0, 0.05) is 25.2 Å². The Morgan fingerprint density at radius 1 is 1.36 bits per heavy atom. The second kappa shape index (κ2) is 7.63. The zero-order chi connectivity index (χ0) is 17.8. The molecule has 1 aliphatic rings. The minimum Gasteiger partial charge on any atom is -0.357 e. The zero-order valence-electron chi connectivity index (χ0n) is 15.0. The predicted molar refractivity (Wildman–Crippen MR) is 94.4 cm³/mol. The van der Waals surface area contributed by atoms with E-state index >= 15 is 0 Å². The fourth-order valence-corrected chi connectivity index (χ4v) is 2.78. The van der Waals surface area contributed by atoms with Crippen LogP contribution in [0.5, 0.6) is 0 Å². The number of hydrogen-bond donors (Lipinski definition) is 1. The first kappa shape index (κ1) is 17.4. The molecule has 0 saturated carbocycles. The number of carbonyl (C=O) groups excluding carboxylic acids is 1. The predicted octanol–water partition coefficient (Wildman–Crippen LogP) is 2.75. The van der Waals surface area contributed by atoms with E-state index in [0.717, 1.165) is 24.8 Å². The van der Waals surface area contributed by atoms with E-state index in [0.29, 0.717) is 17.3 Å². The van der Waals surface area contributed by atoms with E-state index in [9.17, 15) is 4.79 Å². The molecule has 0 aliphatic carbocycles. The number of rotatable bonds is 5. The first-order valence-electron chi connectivity index (χ1n) is 8.84. The van der Waals surface area contributed by atoms with Crippen molar-refractivity contribution < 1.29 is 9.32 Å². The maximum absolute atomic E-state index is 12.2. The van der Waals surface area contributed by atoms with Gasteiger partial charge in [0.1, 0.15) is 5.82 Å². The lowest BCUT2D eigenvalue weighted by Crippen LogP contribution is -2.33. The Morgan fingerprint density at radius 2 is 2.12 bits per heavy atom. The number of anilines is 1. The molecule has 2 aromatic heterocycles. The molecule has 7 heteroatoms. The van der Waals surface area contributed by atoms with Crippen LogP contribution in [-0.4, -0.2) is 34.1 Å². The van der Waals surface area contributed by atoms with E-state index < -0.39 is 0 Å². The molecule has 0 bridgehead atoms. The van der Waals surface area contributed by atoms with Crippen molar-refractivity contribution in [2.75, 3.05) is 18.0 Å². The fraction of sp³-hybridized carbons (Fsp3) is 0.556. The first-order valence-corrected chi connectivity index (χ1v) is 8.84. The highest BCUT2D eigenvalue weighted by Gasteiger charge is 2.17. The molecule has 7 nitrogen and oxygen atoms in total. The van der Waals surface area contributed by atoms with Crippen molar-refractivity contribution in [1.29, 1.82) is 0 Å². The number of hydrogen-bond acceptors (Lipinski definition) is 6.